The van der Waals surface area contributed by atoms with Gasteiger partial charge in [0.25, 0.3) is 5.91 Å². The Balaban J connectivity index is 1.51. The zero-order valence-corrected chi connectivity index (χ0v) is 18.5. The number of benzene rings is 3. The van der Waals surface area contributed by atoms with Crippen molar-refractivity contribution in [3.05, 3.63) is 95.3 Å². The minimum Gasteiger partial charge on any atom is -0.457 e. The van der Waals surface area contributed by atoms with E-state index in [-0.39, 0.29) is 18.5 Å². The van der Waals surface area contributed by atoms with Gasteiger partial charge in [-0.25, -0.2) is 0 Å². The molecule has 0 radical (unpaired) electrons. The second-order valence-corrected chi connectivity index (χ2v) is 7.91. The molecule has 32 heavy (non-hydrogen) atoms. The molecule has 4 aromatic rings. The smallest absolute Gasteiger partial charge is 0.254 e. The molecule has 0 aliphatic heterocycles. The van der Waals surface area contributed by atoms with E-state index in [1.54, 1.807) is 35.2 Å². The molecule has 0 aliphatic rings. The quantitative estimate of drug-likeness (QED) is 0.335. The van der Waals surface area contributed by atoms with Crippen molar-refractivity contribution in [2.24, 2.45) is 0 Å². The number of amides is 1. The number of carbonyl (C=O) groups is 1. The first-order chi connectivity index (χ1) is 15.5. The fraction of sp³-hybridized carbons (Fsp3) is 0.160. The van der Waals surface area contributed by atoms with Crippen LogP contribution in [0.2, 0.25) is 5.02 Å². The standard InChI is InChI=1S/C25H22ClN3O3/c1-17(2)29(16-23-27-28-24(32-23)18-11-13-20(26)14-12-18)25(30)19-7-6-10-22(15-19)31-21-8-4-3-5-9-21/h3-15,17H,16H2,1-2H3. The summed E-state index contributed by atoms with van der Waals surface area (Å²) in [7, 11) is 0. The molecule has 1 aromatic heterocycles. The molecular weight excluding hydrogens is 426 g/mol. The van der Waals surface area contributed by atoms with Crippen LogP contribution in [0.1, 0.15) is 30.1 Å². The molecule has 3 aromatic carbocycles. The van der Waals surface area contributed by atoms with Gasteiger partial charge < -0.3 is 14.1 Å². The summed E-state index contributed by atoms with van der Waals surface area (Å²) < 4.78 is 11.7. The van der Waals surface area contributed by atoms with E-state index in [9.17, 15) is 4.79 Å². The van der Waals surface area contributed by atoms with Crippen LogP contribution in [0.5, 0.6) is 11.5 Å². The van der Waals surface area contributed by atoms with Crippen LogP contribution in [0, 0.1) is 0 Å². The molecule has 0 saturated carbocycles. The maximum atomic E-state index is 13.3. The van der Waals surface area contributed by atoms with Crippen molar-refractivity contribution >= 4 is 17.5 Å². The molecule has 4 rings (SSSR count). The fourth-order valence-electron chi connectivity index (χ4n) is 3.14. The van der Waals surface area contributed by atoms with Crippen molar-refractivity contribution in [3.63, 3.8) is 0 Å². The topological polar surface area (TPSA) is 68.5 Å². The Hall–Kier alpha value is -3.64. The first-order valence-electron chi connectivity index (χ1n) is 10.2. The Labute approximate surface area is 191 Å². The molecule has 0 unspecified atom stereocenters. The molecule has 0 atom stereocenters. The Morgan fingerprint density at radius 2 is 1.69 bits per heavy atom. The molecule has 6 nitrogen and oxygen atoms in total. The van der Waals surface area contributed by atoms with Crippen LogP contribution in [0.25, 0.3) is 11.5 Å². The summed E-state index contributed by atoms with van der Waals surface area (Å²) in [6.45, 7) is 4.08. The maximum absolute atomic E-state index is 13.3. The number of ether oxygens (including phenoxy) is 1. The highest BCUT2D eigenvalue weighted by atomic mass is 35.5. The first-order valence-corrected chi connectivity index (χ1v) is 10.6. The van der Waals surface area contributed by atoms with E-state index in [1.807, 2.05) is 62.4 Å². The van der Waals surface area contributed by atoms with E-state index in [4.69, 9.17) is 20.8 Å². The minimum atomic E-state index is -0.148. The Bertz CT molecular complexity index is 1190. The molecule has 0 saturated heterocycles. The molecular formula is C25H22ClN3O3. The lowest BCUT2D eigenvalue weighted by Crippen LogP contribution is -2.36. The van der Waals surface area contributed by atoms with Gasteiger partial charge in [0.05, 0.1) is 6.54 Å². The van der Waals surface area contributed by atoms with E-state index >= 15 is 0 Å². The number of nitrogens with zero attached hydrogens (tertiary/aromatic N) is 3. The highest BCUT2D eigenvalue weighted by molar-refractivity contribution is 6.30. The summed E-state index contributed by atoms with van der Waals surface area (Å²) in [6, 6.07) is 23.6. The fourth-order valence-corrected chi connectivity index (χ4v) is 3.27. The van der Waals surface area contributed by atoms with Crippen LogP contribution in [0.4, 0.5) is 0 Å². The van der Waals surface area contributed by atoms with Crippen LogP contribution in [-0.4, -0.2) is 27.0 Å². The van der Waals surface area contributed by atoms with Crippen molar-refractivity contribution in [1.82, 2.24) is 15.1 Å². The SMILES string of the molecule is CC(C)N(Cc1nnc(-c2ccc(Cl)cc2)o1)C(=O)c1cccc(Oc2ccccc2)c1. The molecule has 0 aliphatic carbocycles. The van der Waals surface area contributed by atoms with Crippen molar-refractivity contribution in [2.75, 3.05) is 0 Å². The zero-order valence-electron chi connectivity index (χ0n) is 17.7. The molecule has 0 N–H and O–H groups in total. The van der Waals surface area contributed by atoms with Gasteiger partial charge in [-0.15, -0.1) is 10.2 Å². The van der Waals surface area contributed by atoms with E-state index in [0.717, 1.165) is 5.56 Å². The summed E-state index contributed by atoms with van der Waals surface area (Å²) >= 11 is 5.94. The molecule has 1 amide bonds. The molecule has 7 heteroatoms. The van der Waals surface area contributed by atoms with Gasteiger partial charge in [0.1, 0.15) is 11.5 Å². The minimum absolute atomic E-state index is 0.0768. The van der Waals surface area contributed by atoms with Gasteiger partial charge in [-0.3, -0.25) is 4.79 Å². The molecule has 1 heterocycles. The van der Waals surface area contributed by atoms with Gasteiger partial charge in [-0.2, -0.15) is 0 Å². The van der Waals surface area contributed by atoms with E-state index < -0.39 is 0 Å². The monoisotopic (exact) mass is 447 g/mol. The summed E-state index contributed by atoms with van der Waals surface area (Å²) in [5.41, 5.74) is 1.28. The summed E-state index contributed by atoms with van der Waals surface area (Å²) in [5, 5.41) is 8.85. The van der Waals surface area contributed by atoms with Gasteiger partial charge in [0.2, 0.25) is 11.8 Å². The van der Waals surface area contributed by atoms with Crippen LogP contribution < -0.4 is 4.74 Å². The predicted molar refractivity (Wildman–Crippen MR) is 123 cm³/mol. The normalized spacial score (nSPS) is 10.9. The molecule has 0 spiro atoms. The number of carbonyl (C=O) groups excluding carboxylic acids is 1. The third-order valence-corrected chi connectivity index (χ3v) is 5.06. The zero-order chi connectivity index (χ0) is 22.5. The van der Waals surface area contributed by atoms with Crippen molar-refractivity contribution in [1.29, 1.82) is 0 Å². The van der Waals surface area contributed by atoms with E-state index in [0.29, 0.717) is 33.9 Å². The van der Waals surface area contributed by atoms with Gasteiger partial charge in [-0.05, 0) is 68.4 Å². The van der Waals surface area contributed by atoms with E-state index in [1.165, 1.54) is 0 Å². The van der Waals surface area contributed by atoms with Crippen molar-refractivity contribution in [2.45, 2.75) is 26.4 Å². The van der Waals surface area contributed by atoms with Gasteiger partial charge in [0, 0.05) is 22.2 Å². The maximum Gasteiger partial charge on any atom is 0.254 e. The lowest BCUT2D eigenvalue weighted by molar-refractivity contribution is 0.0672. The van der Waals surface area contributed by atoms with Crippen LogP contribution in [0.3, 0.4) is 0 Å². The Morgan fingerprint density at radius 1 is 0.969 bits per heavy atom. The second-order valence-electron chi connectivity index (χ2n) is 7.48. The van der Waals surface area contributed by atoms with Crippen molar-refractivity contribution in [3.8, 4) is 23.0 Å². The largest absolute Gasteiger partial charge is 0.457 e. The average Bonchev–Trinajstić information content (AvgIpc) is 3.27. The summed E-state index contributed by atoms with van der Waals surface area (Å²) in [4.78, 5) is 15.0. The van der Waals surface area contributed by atoms with Gasteiger partial charge in [-0.1, -0.05) is 35.9 Å². The lowest BCUT2D eigenvalue weighted by Gasteiger charge is -2.25. The number of halogens is 1. The van der Waals surface area contributed by atoms with Gasteiger partial charge >= 0.3 is 0 Å². The van der Waals surface area contributed by atoms with Crippen LogP contribution >= 0.6 is 11.6 Å². The molecule has 0 fully saturated rings. The van der Waals surface area contributed by atoms with Gasteiger partial charge in [0.15, 0.2) is 0 Å². The second kappa shape index (κ2) is 9.66. The average molecular weight is 448 g/mol. The number of hydrogen-bond acceptors (Lipinski definition) is 5. The third kappa shape index (κ3) is 5.15. The molecule has 0 bridgehead atoms. The lowest BCUT2D eigenvalue weighted by atomic mass is 10.1. The molecule has 162 valence electrons. The van der Waals surface area contributed by atoms with Crippen LogP contribution in [-0.2, 0) is 6.54 Å². The summed E-state index contributed by atoms with van der Waals surface area (Å²) in [6.07, 6.45) is 0. The Morgan fingerprint density at radius 3 is 2.41 bits per heavy atom. The number of hydrogen-bond donors (Lipinski definition) is 0. The highest BCUT2D eigenvalue weighted by Gasteiger charge is 2.22. The third-order valence-electron chi connectivity index (χ3n) is 4.81. The van der Waals surface area contributed by atoms with E-state index in [2.05, 4.69) is 10.2 Å². The first kappa shape index (κ1) is 21.6. The predicted octanol–water partition coefficient (Wildman–Crippen LogP) is 6.23. The van der Waals surface area contributed by atoms with Crippen molar-refractivity contribution < 1.29 is 13.9 Å². The summed E-state index contributed by atoms with van der Waals surface area (Å²) in [5.74, 6) is 1.89. The number of aromatic nitrogens is 2. The number of para-hydroxylation sites is 1. The van der Waals surface area contributed by atoms with Crippen LogP contribution in [0.15, 0.2) is 83.3 Å². The Kier molecular flexibility index (Phi) is 6.52. The number of rotatable bonds is 7. The highest BCUT2D eigenvalue weighted by Crippen LogP contribution is 2.24.